The number of alkyl halides is 1. The van der Waals surface area contributed by atoms with Gasteiger partial charge in [0.05, 0.1) is 15.6 Å². The van der Waals surface area contributed by atoms with Gasteiger partial charge in [0.2, 0.25) is 0 Å². The Morgan fingerprint density at radius 1 is 1.26 bits per heavy atom. The first-order chi connectivity index (χ1) is 9.13. The van der Waals surface area contributed by atoms with E-state index < -0.39 is 0 Å². The van der Waals surface area contributed by atoms with Crippen molar-refractivity contribution < 1.29 is 4.79 Å². The summed E-state index contributed by atoms with van der Waals surface area (Å²) in [6.07, 6.45) is 3.65. The molecular weight excluding hydrogens is 349 g/mol. The summed E-state index contributed by atoms with van der Waals surface area (Å²) in [5.41, 5.74) is 0.374. The van der Waals surface area contributed by atoms with Crippen molar-refractivity contribution in [2.24, 2.45) is 11.8 Å². The summed E-state index contributed by atoms with van der Waals surface area (Å²) in [6.45, 7) is 0.691. The van der Waals surface area contributed by atoms with E-state index in [-0.39, 0.29) is 5.91 Å². The molecule has 5 heteroatoms. The summed E-state index contributed by atoms with van der Waals surface area (Å²) in [4.78, 5) is 12.1. The first-order valence-electron chi connectivity index (χ1n) is 6.41. The maximum Gasteiger partial charge on any atom is 0.254 e. The first kappa shape index (κ1) is 15.1. The lowest BCUT2D eigenvalue weighted by atomic mass is 9.98. The van der Waals surface area contributed by atoms with Gasteiger partial charge in [-0.1, -0.05) is 51.6 Å². The van der Waals surface area contributed by atoms with Crippen molar-refractivity contribution in [3.05, 3.63) is 33.8 Å². The molecule has 0 aliphatic heterocycles. The van der Waals surface area contributed by atoms with Gasteiger partial charge in [0, 0.05) is 11.9 Å². The third-order valence-electron chi connectivity index (χ3n) is 3.73. The van der Waals surface area contributed by atoms with Gasteiger partial charge in [0.25, 0.3) is 5.91 Å². The minimum atomic E-state index is -0.184. The average Bonchev–Trinajstić information content (AvgIpc) is 2.83. The fourth-order valence-corrected chi connectivity index (χ4v) is 4.03. The lowest BCUT2D eigenvalue weighted by Crippen LogP contribution is -2.31. The fraction of sp³-hybridized carbons (Fsp3) is 0.500. The van der Waals surface area contributed by atoms with Crippen LogP contribution < -0.4 is 5.32 Å². The van der Waals surface area contributed by atoms with Gasteiger partial charge in [-0.2, -0.15) is 0 Å². The van der Waals surface area contributed by atoms with E-state index in [0.717, 1.165) is 5.33 Å². The zero-order valence-corrected chi connectivity index (χ0v) is 13.6. The molecule has 1 aliphatic rings. The van der Waals surface area contributed by atoms with Crippen LogP contribution in [-0.4, -0.2) is 17.8 Å². The zero-order chi connectivity index (χ0) is 13.8. The van der Waals surface area contributed by atoms with E-state index >= 15 is 0 Å². The molecule has 0 bridgehead atoms. The summed E-state index contributed by atoms with van der Waals surface area (Å²) in [6, 6.07) is 5.09. The van der Waals surface area contributed by atoms with Gasteiger partial charge in [-0.25, -0.2) is 0 Å². The van der Waals surface area contributed by atoms with Crippen molar-refractivity contribution in [1.29, 1.82) is 0 Å². The largest absolute Gasteiger partial charge is 0.352 e. The predicted molar refractivity (Wildman–Crippen MR) is 83.4 cm³/mol. The van der Waals surface area contributed by atoms with Crippen molar-refractivity contribution in [3.63, 3.8) is 0 Å². The Morgan fingerprint density at radius 3 is 2.53 bits per heavy atom. The number of benzene rings is 1. The number of carbonyl (C=O) groups excluding carboxylic acids is 1. The molecule has 0 heterocycles. The molecule has 2 atom stereocenters. The van der Waals surface area contributed by atoms with Crippen LogP contribution in [0.25, 0.3) is 0 Å². The van der Waals surface area contributed by atoms with Gasteiger partial charge in [0.15, 0.2) is 0 Å². The SMILES string of the molecule is O=C(NCC1CCCC1CBr)c1c(Cl)cccc1Cl. The normalized spacial score (nSPS) is 22.5. The third kappa shape index (κ3) is 3.65. The molecule has 1 aliphatic carbocycles. The highest BCUT2D eigenvalue weighted by molar-refractivity contribution is 9.09. The van der Waals surface area contributed by atoms with Gasteiger partial charge >= 0.3 is 0 Å². The van der Waals surface area contributed by atoms with Crippen LogP contribution in [0, 0.1) is 11.8 Å². The first-order valence-corrected chi connectivity index (χ1v) is 8.29. The number of rotatable bonds is 4. The van der Waals surface area contributed by atoms with E-state index in [2.05, 4.69) is 21.2 Å². The van der Waals surface area contributed by atoms with E-state index in [1.807, 2.05) is 0 Å². The molecule has 1 aromatic carbocycles. The molecule has 1 saturated carbocycles. The van der Waals surface area contributed by atoms with Crippen LogP contribution in [0.15, 0.2) is 18.2 Å². The number of amides is 1. The van der Waals surface area contributed by atoms with Gasteiger partial charge in [-0.05, 0) is 36.8 Å². The van der Waals surface area contributed by atoms with Gasteiger partial charge in [-0.15, -0.1) is 0 Å². The predicted octanol–water partition coefficient (Wildman–Crippen LogP) is 4.53. The lowest BCUT2D eigenvalue weighted by molar-refractivity contribution is 0.0945. The summed E-state index contributed by atoms with van der Waals surface area (Å²) in [7, 11) is 0. The van der Waals surface area contributed by atoms with E-state index in [9.17, 15) is 4.79 Å². The molecule has 0 spiro atoms. The Labute approximate surface area is 132 Å². The molecule has 2 unspecified atom stereocenters. The van der Waals surface area contributed by atoms with E-state index in [0.29, 0.717) is 34.0 Å². The van der Waals surface area contributed by atoms with E-state index in [4.69, 9.17) is 23.2 Å². The van der Waals surface area contributed by atoms with Crippen LogP contribution in [-0.2, 0) is 0 Å². The molecule has 1 amide bonds. The second kappa shape index (κ2) is 6.96. The second-order valence-corrected chi connectivity index (χ2v) is 6.37. The molecule has 104 valence electrons. The Kier molecular flexibility index (Phi) is 5.55. The molecule has 0 saturated heterocycles. The highest BCUT2D eigenvalue weighted by Gasteiger charge is 2.27. The van der Waals surface area contributed by atoms with Crippen molar-refractivity contribution in [2.75, 3.05) is 11.9 Å². The van der Waals surface area contributed by atoms with Crippen LogP contribution >= 0.6 is 39.1 Å². The average molecular weight is 365 g/mol. The summed E-state index contributed by atoms with van der Waals surface area (Å²) in [5, 5.41) is 4.75. The fourth-order valence-electron chi connectivity index (χ4n) is 2.61. The van der Waals surface area contributed by atoms with E-state index in [1.54, 1.807) is 18.2 Å². The van der Waals surface area contributed by atoms with Crippen molar-refractivity contribution in [3.8, 4) is 0 Å². The maximum absolute atomic E-state index is 12.1. The third-order valence-corrected chi connectivity index (χ3v) is 5.19. The highest BCUT2D eigenvalue weighted by Crippen LogP contribution is 2.32. The number of hydrogen-bond donors (Lipinski definition) is 1. The van der Waals surface area contributed by atoms with E-state index in [1.165, 1.54) is 19.3 Å². The van der Waals surface area contributed by atoms with Crippen LogP contribution in [0.2, 0.25) is 10.0 Å². The van der Waals surface area contributed by atoms with Crippen molar-refractivity contribution in [1.82, 2.24) is 5.32 Å². The molecule has 1 N–H and O–H groups in total. The molecular formula is C14H16BrCl2NO. The molecule has 1 fully saturated rings. The monoisotopic (exact) mass is 363 g/mol. The standard InChI is InChI=1S/C14H16BrCl2NO/c15-7-9-3-1-4-10(9)8-18-14(19)13-11(16)5-2-6-12(13)17/h2,5-6,9-10H,1,3-4,7-8H2,(H,18,19). The van der Waals surface area contributed by atoms with Crippen LogP contribution in [0.5, 0.6) is 0 Å². The minimum absolute atomic E-state index is 0.184. The Bertz CT molecular complexity index is 447. The van der Waals surface area contributed by atoms with Gasteiger partial charge in [0.1, 0.15) is 0 Å². The van der Waals surface area contributed by atoms with Gasteiger partial charge < -0.3 is 5.32 Å². The maximum atomic E-state index is 12.1. The smallest absolute Gasteiger partial charge is 0.254 e. The summed E-state index contributed by atoms with van der Waals surface area (Å²) < 4.78 is 0. The zero-order valence-electron chi connectivity index (χ0n) is 10.5. The summed E-state index contributed by atoms with van der Waals surface area (Å²) in [5.74, 6) is 1.02. The summed E-state index contributed by atoms with van der Waals surface area (Å²) >= 11 is 15.6. The number of nitrogens with one attached hydrogen (secondary N) is 1. The molecule has 1 aromatic rings. The van der Waals surface area contributed by atoms with Crippen LogP contribution in [0.3, 0.4) is 0 Å². The highest BCUT2D eigenvalue weighted by atomic mass is 79.9. The van der Waals surface area contributed by atoms with Crippen LogP contribution in [0.4, 0.5) is 0 Å². The minimum Gasteiger partial charge on any atom is -0.352 e. The Balaban J connectivity index is 1.98. The second-order valence-electron chi connectivity index (χ2n) is 4.91. The van der Waals surface area contributed by atoms with Gasteiger partial charge in [-0.3, -0.25) is 4.79 Å². The number of carbonyl (C=O) groups is 1. The molecule has 0 aromatic heterocycles. The lowest BCUT2D eigenvalue weighted by Gasteiger charge is -2.18. The molecule has 2 nitrogen and oxygen atoms in total. The molecule has 19 heavy (non-hydrogen) atoms. The van der Waals surface area contributed by atoms with Crippen LogP contribution in [0.1, 0.15) is 29.6 Å². The number of halogens is 3. The van der Waals surface area contributed by atoms with Crippen molar-refractivity contribution in [2.45, 2.75) is 19.3 Å². The topological polar surface area (TPSA) is 29.1 Å². The molecule has 0 radical (unpaired) electrons. The number of hydrogen-bond acceptors (Lipinski definition) is 1. The quantitative estimate of drug-likeness (QED) is 0.781. The Morgan fingerprint density at radius 2 is 1.89 bits per heavy atom. The van der Waals surface area contributed by atoms with Crippen molar-refractivity contribution >= 4 is 45.0 Å². The Hall–Kier alpha value is -0.250. The molecule has 2 rings (SSSR count).